The minimum Gasteiger partial charge on any atom is -0.478 e. The maximum absolute atomic E-state index is 16.4. The van der Waals surface area contributed by atoms with Gasteiger partial charge in [0.1, 0.15) is 17.1 Å². The largest absolute Gasteiger partial charge is 0.478 e. The van der Waals surface area contributed by atoms with Crippen LogP contribution in [0.3, 0.4) is 0 Å². The van der Waals surface area contributed by atoms with Crippen molar-refractivity contribution < 1.29 is 50.2 Å². The van der Waals surface area contributed by atoms with E-state index in [1.807, 2.05) is 0 Å². The number of carbonyl (C=O) groups excluding carboxylic acids is 1. The van der Waals surface area contributed by atoms with Gasteiger partial charge in [-0.15, -0.1) is 0 Å². The number of carbonyl (C=O) groups is 2. The number of halogens is 7. The molecular weight excluding hydrogens is 603 g/mol. The van der Waals surface area contributed by atoms with E-state index in [9.17, 15) is 35.9 Å². The lowest BCUT2D eigenvalue weighted by Gasteiger charge is -2.23. The Morgan fingerprint density at radius 2 is 1.84 bits per heavy atom. The molecule has 0 saturated carbocycles. The van der Waals surface area contributed by atoms with Gasteiger partial charge in [0.15, 0.2) is 11.9 Å². The zero-order valence-electron chi connectivity index (χ0n) is 22.9. The second kappa shape index (κ2) is 13.0. The first-order valence-electron chi connectivity index (χ1n) is 13.1. The number of anilines is 2. The van der Waals surface area contributed by atoms with E-state index in [2.05, 4.69) is 20.9 Å². The van der Waals surface area contributed by atoms with Gasteiger partial charge in [-0.3, -0.25) is 4.79 Å². The summed E-state index contributed by atoms with van der Waals surface area (Å²) in [6, 6.07) is 5.72. The molecule has 2 aromatic carbocycles. The highest BCUT2D eigenvalue weighted by atomic mass is 19.4. The summed E-state index contributed by atoms with van der Waals surface area (Å²) in [5.41, 5.74) is -1.04. The minimum atomic E-state index is -5.24. The Hall–Kier alpha value is -4.60. The SMILES string of the molecule is Cc1c(F)c(N)cc(-c2nc3c(c(NCc4ccc(C(=O)O)cc4)c2F)C(=O)NCCNCC[C@H](C(F)F)O3)c1C(F)(F)F. The smallest absolute Gasteiger partial charge is 0.417 e. The van der Waals surface area contributed by atoms with Crippen LogP contribution in [-0.2, 0) is 12.7 Å². The number of hydrogen-bond donors (Lipinski definition) is 5. The number of carboxylic acid groups (broad SMARTS) is 1. The lowest BCUT2D eigenvalue weighted by atomic mass is 9.95. The van der Waals surface area contributed by atoms with Gasteiger partial charge in [-0.05, 0) is 42.8 Å². The van der Waals surface area contributed by atoms with Crippen LogP contribution in [0.2, 0.25) is 0 Å². The molecule has 2 heterocycles. The maximum atomic E-state index is 16.4. The first-order chi connectivity index (χ1) is 20.7. The van der Waals surface area contributed by atoms with E-state index in [0.717, 1.165) is 6.92 Å². The van der Waals surface area contributed by atoms with E-state index >= 15 is 4.39 Å². The quantitative estimate of drug-likeness (QED) is 0.190. The Kier molecular flexibility index (Phi) is 9.51. The van der Waals surface area contributed by atoms with Gasteiger partial charge in [0.25, 0.3) is 12.3 Å². The summed E-state index contributed by atoms with van der Waals surface area (Å²) in [5, 5.41) is 17.0. The molecule has 236 valence electrons. The van der Waals surface area contributed by atoms with Crippen LogP contribution in [0.1, 0.15) is 43.8 Å². The number of nitrogens with one attached hydrogen (secondary N) is 3. The molecular formula is C28H26F7N5O4. The normalized spacial score (nSPS) is 16.0. The molecule has 0 aliphatic carbocycles. The molecule has 4 rings (SSSR count). The number of aromatic nitrogens is 1. The summed E-state index contributed by atoms with van der Waals surface area (Å²) < 4.78 is 107. The predicted molar refractivity (Wildman–Crippen MR) is 145 cm³/mol. The van der Waals surface area contributed by atoms with Crippen molar-refractivity contribution in [2.24, 2.45) is 0 Å². The number of nitrogen functional groups attached to an aromatic ring is 1. The lowest BCUT2D eigenvalue weighted by molar-refractivity contribution is -0.137. The number of hydrogen-bond acceptors (Lipinski definition) is 7. The Morgan fingerprint density at radius 3 is 2.45 bits per heavy atom. The van der Waals surface area contributed by atoms with Crippen LogP contribution in [0, 0.1) is 18.6 Å². The number of aromatic carboxylic acids is 1. The predicted octanol–water partition coefficient (Wildman–Crippen LogP) is 4.98. The second-order valence-corrected chi connectivity index (χ2v) is 9.80. The van der Waals surface area contributed by atoms with Crippen molar-refractivity contribution in [2.75, 3.05) is 30.7 Å². The Morgan fingerprint density at radius 1 is 1.16 bits per heavy atom. The van der Waals surface area contributed by atoms with Crippen LogP contribution in [0.15, 0.2) is 30.3 Å². The lowest BCUT2D eigenvalue weighted by Crippen LogP contribution is -2.33. The summed E-state index contributed by atoms with van der Waals surface area (Å²) in [4.78, 5) is 28.3. The van der Waals surface area contributed by atoms with E-state index < -0.39 is 87.4 Å². The van der Waals surface area contributed by atoms with Gasteiger partial charge < -0.3 is 31.5 Å². The molecule has 0 spiro atoms. The fourth-order valence-corrected chi connectivity index (χ4v) is 4.61. The number of pyridine rings is 1. The molecule has 0 saturated heterocycles. The molecule has 6 N–H and O–H groups in total. The van der Waals surface area contributed by atoms with Crippen LogP contribution in [0.25, 0.3) is 11.3 Å². The number of benzene rings is 2. The van der Waals surface area contributed by atoms with Crippen LogP contribution < -0.4 is 26.4 Å². The van der Waals surface area contributed by atoms with Crippen molar-refractivity contribution in [1.29, 1.82) is 0 Å². The highest BCUT2D eigenvalue weighted by Crippen LogP contribution is 2.44. The number of nitrogens with two attached hydrogens (primary N) is 1. The number of nitrogens with zero attached hydrogens (tertiary/aromatic N) is 1. The second-order valence-electron chi connectivity index (χ2n) is 9.80. The molecule has 1 aromatic heterocycles. The topological polar surface area (TPSA) is 139 Å². The van der Waals surface area contributed by atoms with Gasteiger partial charge in [-0.1, -0.05) is 12.1 Å². The molecule has 16 heteroatoms. The molecule has 1 aliphatic rings. The molecule has 1 atom stereocenters. The van der Waals surface area contributed by atoms with Crippen molar-refractivity contribution >= 4 is 23.3 Å². The number of rotatable bonds is 6. The summed E-state index contributed by atoms with van der Waals surface area (Å²) >= 11 is 0. The third-order valence-electron chi connectivity index (χ3n) is 6.80. The van der Waals surface area contributed by atoms with E-state index in [4.69, 9.17) is 15.6 Å². The average Bonchev–Trinajstić information content (AvgIpc) is 2.98. The van der Waals surface area contributed by atoms with Gasteiger partial charge in [0, 0.05) is 31.6 Å². The highest BCUT2D eigenvalue weighted by Gasteiger charge is 2.40. The first kappa shape index (κ1) is 32.3. The zero-order chi connectivity index (χ0) is 32.3. The molecule has 0 fully saturated rings. The number of alkyl halides is 5. The van der Waals surface area contributed by atoms with Crippen molar-refractivity contribution in [1.82, 2.24) is 15.6 Å². The number of fused-ring (bicyclic) bond motifs is 1. The third-order valence-corrected chi connectivity index (χ3v) is 6.80. The van der Waals surface area contributed by atoms with Crippen LogP contribution >= 0.6 is 0 Å². The fourth-order valence-electron chi connectivity index (χ4n) is 4.61. The van der Waals surface area contributed by atoms with Gasteiger partial charge in [-0.2, -0.15) is 13.2 Å². The molecule has 1 aliphatic heterocycles. The zero-order valence-corrected chi connectivity index (χ0v) is 22.9. The molecule has 44 heavy (non-hydrogen) atoms. The molecule has 9 nitrogen and oxygen atoms in total. The van der Waals surface area contributed by atoms with Crippen molar-refractivity contribution in [2.45, 2.75) is 38.6 Å². The summed E-state index contributed by atoms with van der Waals surface area (Å²) in [6.07, 6.45) is -10.6. The minimum absolute atomic E-state index is 0.0115. The Labute approximate surface area is 245 Å². The van der Waals surface area contributed by atoms with E-state index in [1.54, 1.807) is 0 Å². The van der Waals surface area contributed by atoms with Crippen LogP contribution in [0.5, 0.6) is 5.88 Å². The fraction of sp³-hybridized carbons (Fsp3) is 0.321. The molecule has 3 aromatic rings. The summed E-state index contributed by atoms with van der Waals surface area (Å²) in [5.74, 6) is -6.07. The van der Waals surface area contributed by atoms with Gasteiger partial charge in [0.05, 0.1) is 22.5 Å². The molecule has 1 amide bonds. The highest BCUT2D eigenvalue weighted by molar-refractivity contribution is 6.03. The van der Waals surface area contributed by atoms with E-state index in [-0.39, 0.29) is 38.2 Å². The van der Waals surface area contributed by atoms with Gasteiger partial charge in [0.2, 0.25) is 5.88 Å². The molecule has 0 radical (unpaired) electrons. The van der Waals surface area contributed by atoms with Crippen LogP contribution in [0.4, 0.5) is 42.1 Å². The van der Waals surface area contributed by atoms with Gasteiger partial charge >= 0.3 is 12.1 Å². The Bertz CT molecular complexity index is 1570. The summed E-state index contributed by atoms with van der Waals surface area (Å²) in [7, 11) is 0. The number of amides is 1. The van der Waals surface area contributed by atoms with E-state index in [1.165, 1.54) is 24.3 Å². The first-order valence-corrected chi connectivity index (χ1v) is 13.1. The average molecular weight is 630 g/mol. The number of ether oxygens (including phenoxy) is 1. The monoisotopic (exact) mass is 629 g/mol. The van der Waals surface area contributed by atoms with Crippen molar-refractivity contribution in [3.63, 3.8) is 0 Å². The van der Waals surface area contributed by atoms with E-state index in [0.29, 0.717) is 11.6 Å². The maximum Gasteiger partial charge on any atom is 0.417 e. The standard InChI is InChI=1S/C28H26F7N5O4/c1-12-19(28(33,34)35)15(10-16(36)20(12)29)22-21(30)23(39-11-13-2-4-14(5-3-13)27(42)43)18-25(41)38-9-8-37-7-6-17(24(31)32)44-26(18)40-22/h2-5,10,17,24,37H,6-9,11,36H2,1H3,(H,38,41)(H,39,40)(H,42,43)/t17-/m1/s1. The molecule has 0 bridgehead atoms. The third kappa shape index (κ3) is 6.79. The van der Waals surface area contributed by atoms with Gasteiger partial charge in [-0.25, -0.2) is 27.3 Å². The summed E-state index contributed by atoms with van der Waals surface area (Å²) in [6.45, 7) is 0.592. The van der Waals surface area contributed by atoms with Crippen LogP contribution in [-0.4, -0.2) is 54.1 Å². The Balaban J connectivity index is 1.99. The molecule has 0 unspecified atom stereocenters. The van der Waals surface area contributed by atoms with Crippen molar-refractivity contribution in [3.8, 4) is 17.1 Å². The number of carboxylic acids is 1. The van der Waals surface area contributed by atoms with Crippen molar-refractivity contribution in [3.05, 3.63) is 69.8 Å².